The summed E-state index contributed by atoms with van der Waals surface area (Å²) in [6, 6.07) is 1.24. The molecular weight excluding hydrogens is 176 g/mol. The van der Waals surface area contributed by atoms with Gasteiger partial charge < -0.3 is 10.1 Å². The molecule has 1 heterocycles. The lowest BCUT2D eigenvalue weighted by atomic mass is 10.2. The van der Waals surface area contributed by atoms with Crippen molar-refractivity contribution < 1.29 is 4.74 Å². The SMILES string of the molecule is CCN(CC1CCCN1)C(C)COC. The van der Waals surface area contributed by atoms with Crippen molar-refractivity contribution in [3.05, 3.63) is 0 Å². The van der Waals surface area contributed by atoms with Crippen LogP contribution in [0.25, 0.3) is 0 Å². The van der Waals surface area contributed by atoms with Crippen LogP contribution < -0.4 is 5.32 Å². The van der Waals surface area contributed by atoms with E-state index in [0.717, 1.165) is 13.2 Å². The predicted octanol–water partition coefficient (Wildman–Crippen LogP) is 1.10. The zero-order valence-corrected chi connectivity index (χ0v) is 9.75. The van der Waals surface area contributed by atoms with Crippen LogP contribution in [0.15, 0.2) is 0 Å². The van der Waals surface area contributed by atoms with E-state index in [-0.39, 0.29) is 0 Å². The Balaban J connectivity index is 2.29. The summed E-state index contributed by atoms with van der Waals surface area (Å²) >= 11 is 0. The van der Waals surface area contributed by atoms with Gasteiger partial charge in [-0.05, 0) is 32.9 Å². The maximum atomic E-state index is 5.19. The zero-order valence-electron chi connectivity index (χ0n) is 9.75. The van der Waals surface area contributed by atoms with Crippen molar-refractivity contribution in [1.29, 1.82) is 0 Å². The molecule has 0 aliphatic carbocycles. The molecule has 84 valence electrons. The Labute approximate surface area is 87.8 Å². The van der Waals surface area contributed by atoms with Crippen LogP contribution in [0.1, 0.15) is 26.7 Å². The van der Waals surface area contributed by atoms with Crippen molar-refractivity contribution in [2.75, 3.05) is 33.4 Å². The van der Waals surface area contributed by atoms with E-state index in [0.29, 0.717) is 12.1 Å². The Bertz CT molecular complexity index is 146. The summed E-state index contributed by atoms with van der Waals surface area (Å²) in [7, 11) is 1.78. The van der Waals surface area contributed by atoms with Crippen LogP contribution in [-0.4, -0.2) is 50.3 Å². The molecule has 14 heavy (non-hydrogen) atoms. The molecule has 3 nitrogen and oxygen atoms in total. The fraction of sp³-hybridized carbons (Fsp3) is 1.00. The first-order valence-electron chi connectivity index (χ1n) is 5.74. The maximum Gasteiger partial charge on any atom is 0.0615 e. The molecule has 1 aliphatic heterocycles. The second kappa shape index (κ2) is 6.38. The summed E-state index contributed by atoms with van der Waals surface area (Å²) in [6.07, 6.45) is 2.66. The molecule has 1 aliphatic rings. The molecule has 1 fully saturated rings. The average Bonchev–Trinajstić information content (AvgIpc) is 2.66. The number of ether oxygens (including phenoxy) is 1. The van der Waals surface area contributed by atoms with Crippen molar-refractivity contribution >= 4 is 0 Å². The number of hydrogen-bond acceptors (Lipinski definition) is 3. The minimum Gasteiger partial charge on any atom is -0.383 e. The van der Waals surface area contributed by atoms with E-state index >= 15 is 0 Å². The summed E-state index contributed by atoms with van der Waals surface area (Å²) in [4.78, 5) is 2.49. The van der Waals surface area contributed by atoms with E-state index < -0.39 is 0 Å². The van der Waals surface area contributed by atoms with Crippen molar-refractivity contribution in [1.82, 2.24) is 10.2 Å². The molecular formula is C11H24N2O. The van der Waals surface area contributed by atoms with Crippen molar-refractivity contribution in [3.8, 4) is 0 Å². The summed E-state index contributed by atoms with van der Waals surface area (Å²) in [5.74, 6) is 0. The van der Waals surface area contributed by atoms with E-state index in [2.05, 4.69) is 24.1 Å². The highest BCUT2D eigenvalue weighted by molar-refractivity contribution is 4.79. The molecule has 0 radical (unpaired) electrons. The Morgan fingerprint density at radius 3 is 2.86 bits per heavy atom. The summed E-state index contributed by atoms with van der Waals surface area (Å²) in [5, 5.41) is 3.54. The number of nitrogens with zero attached hydrogens (tertiary/aromatic N) is 1. The van der Waals surface area contributed by atoms with Crippen LogP contribution in [0.5, 0.6) is 0 Å². The van der Waals surface area contributed by atoms with Gasteiger partial charge in [0, 0.05) is 25.7 Å². The highest BCUT2D eigenvalue weighted by Gasteiger charge is 2.19. The first-order valence-corrected chi connectivity index (χ1v) is 5.74. The average molecular weight is 200 g/mol. The van der Waals surface area contributed by atoms with Gasteiger partial charge in [0.1, 0.15) is 0 Å². The molecule has 0 saturated carbocycles. The Morgan fingerprint density at radius 2 is 2.36 bits per heavy atom. The summed E-state index contributed by atoms with van der Waals surface area (Å²) in [5.41, 5.74) is 0. The Hall–Kier alpha value is -0.120. The van der Waals surface area contributed by atoms with Crippen LogP contribution >= 0.6 is 0 Å². The smallest absolute Gasteiger partial charge is 0.0615 e. The van der Waals surface area contributed by atoms with Gasteiger partial charge in [-0.3, -0.25) is 4.90 Å². The second-order valence-corrected chi connectivity index (χ2v) is 4.19. The first-order chi connectivity index (χ1) is 6.77. The fourth-order valence-corrected chi connectivity index (χ4v) is 2.16. The van der Waals surface area contributed by atoms with Crippen molar-refractivity contribution in [2.24, 2.45) is 0 Å². The van der Waals surface area contributed by atoms with Gasteiger partial charge in [0.05, 0.1) is 6.61 Å². The lowest BCUT2D eigenvalue weighted by molar-refractivity contribution is 0.0972. The zero-order chi connectivity index (χ0) is 10.4. The van der Waals surface area contributed by atoms with Gasteiger partial charge in [-0.1, -0.05) is 6.92 Å². The number of likely N-dealkylation sites (N-methyl/N-ethyl adjacent to an activating group) is 1. The largest absolute Gasteiger partial charge is 0.383 e. The van der Waals surface area contributed by atoms with Gasteiger partial charge in [-0.15, -0.1) is 0 Å². The molecule has 0 aromatic rings. The number of hydrogen-bond donors (Lipinski definition) is 1. The highest BCUT2D eigenvalue weighted by atomic mass is 16.5. The van der Waals surface area contributed by atoms with Crippen molar-refractivity contribution in [2.45, 2.75) is 38.8 Å². The third-order valence-electron chi connectivity index (χ3n) is 3.05. The van der Waals surface area contributed by atoms with E-state index in [4.69, 9.17) is 4.74 Å². The first kappa shape index (κ1) is 12.0. The molecule has 0 spiro atoms. The molecule has 1 saturated heterocycles. The molecule has 1 N–H and O–H groups in total. The molecule has 2 atom stereocenters. The van der Waals surface area contributed by atoms with Crippen LogP contribution in [0, 0.1) is 0 Å². The Kier molecular flexibility index (Phi) is 5.45. The van der Waals surface area contributed by atoms with Crippen LogP contribution in [0.2, 0.25) is 0 Å². The summed E-state index contributed by atoms with van der Waals surface area (Å²) < 4.78 is 5.19. The Morgan fingerprint density at radius 1 is 1.57 bits per heavy atom. The van der Waals surface area contributed by atoms with Gasteiger partial charge in [0.25, 0.3) is 0 Å². The number of nitrogens with one attached hydrogen (secondary N) is 1. The fourth-order valence-electron chi connectivity index (χ4n) is 2.16. The quantitative estimate of drug-likeness (QED) is 0.695. The normalized spacial score (nSPS) is 24.4. The minimum atomic E-state index is 0.535. The molecule has 0 aromatic carbocycles. The lowest BCUT2D eigenvalue weighted by Crippen LogP contribution is -2.43. The lowest BCUT2D eigenvalue weighted by Gasteiger charge is -2.29. The molecule has 0 amide bonds. The van der Waals surface area contributed by atoms with E-state index in [1.165, 1.54) is 25.9 Å². The molecule has 1 rings (SSSR count). The molecule has 0 aromatic heterocycles. The maximum absolute atomic E-state index is 5.19. The third-order valence-corrected chi connectivity index (χ3v) is 3.05. The predicted molar refractivity (Wildman–Crippen MR) is 59.6 cm³/mol. The van der Waals surface area contributed by atoms with E-state index in [1.807, 2.05) is 0 Å². The minimum absolute atomic E-state index is 0.535. The second-order valence-electron chi connectivity index (χ2n) is 4.19. The number of rotatable bonds is 6. The van der Waals surface area contributed by atoms with E-state index in [1.54, 1.807) is 7.11 Å². The van der Waals surface area contributed by atoms with Gasteiger partial charge in [0.15, 0.2) is 0 Å². The van der Waals surface area contributed by atoms with Crippen molar-refractivity contribution in [3.63, 3.8) is 0 Å². The third kappa shape index (κ3) is 3.56. The van der Waals surface area contributed by atoms with Gasteiger partial charge in [0.2, 0.25) is 0 Å². The monoisotopic (exact) mass is 200 g/mol. The molecule has 0 bridgehead atoms. The van der Waals surface area contributed by atoms with E-state index in [9.17, 15) is 0 Å². The van der Waals surface area contributed by atoms with Gasteiger partial charge in [-0.25, -0.2) is 0 Å². The number of methoxy groups -OCH3 is 1. The standard InChI is InChI=1S/C11H24N2O/c1-4-13(10(2)9-14-3)8-11-6-5-7-12-11/h10-12H,4-9H2,1-3H3. The topological polar surface area (TPSA) is 24.5 Å². The summed E-state index contributed by atoms with van der Waals surface area (Å²) in [6.45, 7) is 8.77. The van der Waals surface area contributed by atoms with Gasteiger partial charge in [-0.2, -0.15) is 0 Å². The van der Waals surface area contributed by atoms with Gasteiger partial charge >= 0.3 is 0 Å². The van der Waals surface area contributed by atoms with Crippen LogP contribution in [0.4, 0.5) is 0 Å². The molecule has 3 heteroatoms. The van der Waals surface area contributed by atoms with Crippen LogP contribution in [-0.2, 0) is 4.74 Å². The highest BCUT2D eigenvalue weighted by Crippen LogP contribution is 2.09. The molecule has 2 unspecified atom stereocenters. The van der Waals surface area contributed by atoms with Crippen LogP contribution in [0.3, 0.4) is 0 Å².